The van der Waals surface area contributed by atoms with Crippen LogP contribution in [0, 0.1) is 0 Å². The van der Waals surface area contributed by atoms with E-state index in [1.165, 1.54) is 11.0 Å². The Kier molecular flexibility index (Phi) is 3.26. The van der Waals surface area contributed by atoms with Gasteiger partial charge in [-0.05, 0) is 17.3 Å². The van der Waals surface area contributed by atoms with Crippen molar-refractivity contribution in [3.63, 3.8) is 0 Å². The third-order valence-corrected chi connectivity index (χ3v) is 2.79. The number of tetrazole rings is 1. The minimum absolute atomic E-state index is 0.0573. The molecule has 0 spiro atoms. The van der Waals surface area contributed by atoms with Crippen molar-refractivity contribution < 1.29 is 5.21 Å². The summed E-state index contributed by atoms with van der Waals surface area (Å²) < 4.78 is 0. The van der Waals surface area contributed by atoms with E-state index in [1.807, 2.05) is 30.3 Å². The van der Waals surface area contributed by atoms with E-state index in [0.717, 1.165) is 5.56 Å². The zero-order valence-corrected chi connectivity index (χ0v) is 10.8. The van der Waals surface area contributed by atoms with E-state index < -0.39 is 0 Å². The molecule has 0 radical (unpaired) electrons. The van der Waals surface area contributed by atoms with Crippen LogP contribution in [-0.4, -0.2) is 36.2 Å². The zero-order chi connectivity index (χ0) is 14.7. The number of pyridine rings is 1. The smallest absolute Gasteiger partial charge is 0.205 e. The zero-order valence-electron chi connectivity index (χ0n) is 10.8. The maximum absolute atomic E-state index is 8.59. The summed E-state index contributed by atoms with van der Waals surface area (Å²) in [5.41, 5.74) is 7.32. The molecule has 3 aromatic rings. The van der Waals surface area contributed by atoms with Crippen LogP contribution in [0.2, 0.25) is 0 Å². The molecule has 0 aliphatic carbocycles. The molecule has 0 amide bonds. The lowest BCUT2D eigenvalue weighted by Gasteiger charge is -2.00. The Morgan fingerprint density at radius 3 is 2.62 bits per heavy atom. The molecule has 0 bridgehead atoms. The minimum atomic E-state index is -0.0573. The SMILES string of the molecule is N/C(=N/O)c1ccc(-n2nnc(-c3ccccc3)n2)cn1. The van der Waals surface area contributed by atoms with E-state index >= 15 is 0 Å². The summed E-state index contributed by atoms with van der Waals surface area (Å²) in [5, 5.41) is 23.7. The van der Waals surface area contributed by atoms with Crippen LogP contribution in [0.15, 0.2) is 53.8 Å². The maximum atomic E-state index is 8.59. The van der Waals surface area contributed by atoms with Crippen LogP contribution in [0.3, 0.4) is 0 Å². The van der Waals surface area contributed by atoms with E-state index in [0.29, 0.717) is 17.2 Å². The van der Waals surface area contributed by atoms with Crippen LogP contribution in [0.25, 0.3) is 17.1 Å². The number of rotatable bonds is 3. The predicted octanol–water partition coefficient (Wildman–Crippen LogP) is 0.819. The fourth-order valence-electron chi connectivity index (χ4n) is 1.73. The second-order valence-electron chi connectivity index (χ2n) is 4.16. The molecular formula is C13H11N7O. The number of hydrogen-bond acceptors (Lipinski definition) is 6. The summed E-state index contributed by atoms with van der Waals surface area (Å²) in [6.45, 7) is 0. The van der Waals surface area contributed by atoms with Crippen LogP contribution >= 0.6 is 0 Å². The van der Waals surface area contributed by atoms with Crippen molar-refractivity contribution in [1.29, 1.82) is 0 Å². The van der Waals surface area contributed by atoms with Gasteiger partial charge in [-0.3, -0.25) is 4.98 Å². The van der Waals surface area contributed by atoms with Crippen molar-refractivity contribution in [3.8, 4) is 17.1 Å². The maximum Gasteiger partial charge on any atom is 0.205 e. The number of amidine groups is 1. The molecule has 1 aromatic carbocycles. The first-order valence-corrected chi connectivity index (χ1v) is 6.07. The van der Waals surface area contributed by atoms with Gasteiger partial charge in [-0.15, -0.1) is 15.0 Å². The molecule has 0 fully saturated rings. The summed E-state index contributed by atoms with van der Waals surface area (Å²) in [6, 6.07) is 12.9. The molecule has 104 valence electrons. The normalized spacial score (nSPS) is 11.5. The number of aromatic nitrogens is 5. The van der Waals surface area contributed by atoms with Gasteiger partial charge in [0.2, 0.25) is 5.82 Å². The van der Waals surface area contributed by atoms with Gasteiger partial charge in [-0.1, -0.05) is 35.5 Å². The summed E-state index contributed by atoms with van der Waals surface area (Å²) in [6.07, 6.45) is 1.52. The fraction of sp³-hybridized carbons (Fsp3) is 0. The lowest BCUT2D eigenvalue weighted by Crippen LogP contribution is -2.15. The molecule has 8 nitrogen and oxygen atoms in total. The third kappa shape index (κ3) is 2.54. The highest BCUT2D eigenvalue weighted by molar-refractivity contribution is 5.95. The molecule has 21 heavy (non-hydrogen) atoms. The monoisotopic (exact) mass is 281 g/mol. The van der Waals surface area contributed by atoms with Gasteiger partial charge in [0.15, 0.2) is 5.84 Å². The largest absolute Gasteiger partial charge is 0.409 e. The van der Waals surface area contributed by atoms with Gasteiger partial charge in [0.05, 0.1) is 6.20 Å². The second kappa shape index (κ2) is 5.37. The highest BCUT2D eigenvalue weighted by Gasteiger charge is 2.08. The van der Waals surface area contributed by atoms with Crippen LogP contribution in [0.5, 0.6) is 0 Å². The Labute approximate surface area is 119 Å². The van der Waals surface area contributed by atoms with Gasteiger partial charge >= 0.3 is 0 Å². The molecule has 8 heteroatoms. The molecule has 0 atom stereocenters. The highest BCUT2D eigenvalue weighted by atomic mass is 16.4. The Morgan fingerprint density at radius 1 is 1.14 bits per heavy atom. The van der Waals surface area contributed by atoms with E-state index in [4.69, 9.17) is 10.9 Å². The number of oxime groups is 1. The van der Waals surface area contributed by atoms with Gasteiger partial charge in [-0.2, -0.15) is 0 Å². The summed E-state index contributed by atoms with van der Waals surface area (Å²) >= 11 is 0. The summed E-state index contributed by atoms with van der Waals surface area (Å²) in [7, 11) is 0. The van der Waals surface area contributed by atoms with Crippen molar-refractivity contribution in [2.24, 2.45) is 10.9 Å². The molecule has 2 aromatic heterocycles. The van der Waals surface area contributed by atoms with Gasteiger partial charge < -0.3 is 10.9 Å². The Balaban J connectivity index is 1.90. The van der Waals surface area contributed by atoms with Crippen molar-refractivity contribution >= 4 is 5.84 Å². The predicted molar refractivity (Wildman–Crippen MR) is 74.9 cm³/mol. The minimum Gasteiger partial charge on any atom is -0.409 e. The van der Waals surface area contributed by atoms with E-state index in [9.17, 15) is 0 Å². The van der Waals surface area contributed by atoms with Crippen LogP contribution in [0.4, 0.5) is 0 Å². The molecule has 0 aliphatic heterocycles. The quantitative estimate of drug-likeness (QED) is 0.318. The second-order valence-corrected chi connectivity index (χ2v) is 4.16. The summed E-state index contributed by atoms with van der Waals surface area (Å²) in [4.78, 5) is 5.43. The topological polar surface area (TPSA) is 115 Å². The number of benzene rings is 1. The molecular weight excluding hydrogens is 270 g/mol. The number of nitrogens with two attached hydrogens (primary N) is 1. The molecule has 0 saturated carbocycles. The average Bonchev–Trinajstić information content (AvgIpc) is 3.05. The third-order valence-electron chi connectivity index (χ3n) is 2.79. The van der Waals surface area contributed by atoms with Crippen LogP contribution in [0.1, 0.15) is 5.69 Å². The van der Waals surface area contributed by atoms with Crippen LogP contribution in [-0.2, 0) is 0 Å². The molecule has 2 heterocycles. The Hall–Kier alpha value is -3.29. The number of nitrogens with zero attached hydrogens (tertiary/aromatic N) is 6. The lowest BCUT2D eigenvalue weighted by atomic mass is 10.2. The molecule has 3 N–H and O–H groups in total. The Bertz CT molecular complexity index is 765. The first-order chi connectivity index (χ1) is 10.3. The number of hydrogen-bond donors (Lipinski definition) is 2. The standard InChI is InChI=1S/C13H11N7O/c14-12(18-21)11-7-6-10(8-15-11)20-17-13(16-19-20)9-4-2-1-3-5-9/h1-8,21H,(H2,14,18). The van der Waals surface area contributed by atoms with Gasteiger partial charge in [0.1, 0.15) is 11.4 Å². The van der Waals surface area contributed by atoms with Crippen molar-refractivity contribution in [2.45, 2.75) is 0 Å². The average molecular weight is 281 g/mol. The van der Waals surface area contributed by atoms with Gasteiger partial charge in [-0.25, -0.2) is 0 Å². The molecule has 0 saturated heterocycles. The summed E-state index contributed by atoms with van der Waals surface area (Å²) in [5.74, 6) is 0.467. The van der Waals surface area contributed by atoms with Crippen molar-refractivity contribution in [2.75, 3.05) is 0 Å². The van der Waals surface area contributed by atoms with Crippen molar-refractivity contribution in [1.82, 2.24) is 25.2 Å². The van der Waals surface area contributed by atoms with E-state index in [-0.39, 0.29) is 5.84 Å². The van der Waals surface area contributed by atoms with E-state index in [1.54, 1.807) is 12.1 Å². The first kappa shape index (κ1) is 12.7. The fourth-order valence-corrected chi connectivity index (χ4v) is 1.73. The van der Waals surface area contributed by atoms with Gasteiger partial charge in [0, 0.05) is 5.56 Å². The van der Waals surface area contributed by atoms with Crippen LogP contribution < -0.4 is 5.73 Å². The first-order valence-electron chi connectivity index (χ1n) is 6.07. The lowest BCUT2D eigenvalue weighted by molar-refractivity contribution is 0.318. The van der Waals surface area contributed by atoms with Gasteiger partial charge in [0.25, 0.3) is 0 Å². The highest BCUT2D eigenvalue weighted by Crippen LogP contribution is 2.13. The van der Waals surface area contributed by atoms with Crippen molar-refractivity contribution in [3.05, 3.63) is 54.4 Å². The molecule has 3 rings (SSSR count). The molecule has 0 unspecified atom stereocenters. The Morgan fingerprint density at radius 2 is 1.95 bits per heavy atom. The van der Waals surface area contributed by atoms with E-state index in [2.05, 4.69) is 25.6 Å². The molecule has 0 aliphatic rings.